The summed E-state index contributed by atoms with van der Waals surface area (Å²) in [6, 6.07) is -1.32. The van der Waals surface area contributed by atoms with E-state index in [1.54, 1.807) is 20.8 Å². The molecular formula is C12H21NO9S. The number of ether oxygens (including phenoxy) is 3. The lowest BCUT2D eigenvalue weighted by molar-refractivity contribution is -0.150. The molecule has 1 amide bonds. The SMILES string of the molecule is COC(=O)C(COC(=O)CCS(=O)(=O)O)NC(=O)OC(C)(C)C. The molecule has 23 heavy (non-hydrogen) atoms. The lowest BCUT2D eigenvalue weighted by Crippen LogP contribution is -2.47. The molecule has 0 bridgehead atoms. The molecule has 0 aliphatic heterocycles. The summed E-state index contributed by atoms with van der Waals surface area (Å²) < 4.78 is 43.6. The van der Waals surface area contributed by atoms with Gasteiger partial charge in [0.15, 0.2) is 6.04 Å². The lowest BCUT2D eigenvalue weighted by Gasteiger charge is -2.22. The number of carbonyl (C=O) groups excluding carboxylic acids is 3. The van der Waals surface area contributed by atoms with E-state index in [9.17, 15) is 22.8 Å². The minimum Gasteiger partial charge on any atom is -0.467 e. The molecule has 0 saturated carbocycles. The van der Waals surface area contributed by atoms with Crippen molar-refractivity contribution in [2.24, 2.45) is 0 Å². The molecule has 1 atom stereocenters. The van der Waals surface area contributed by atoms with E-state index in [4.69, 9.17) is 9.29 Å². The predicted molar refractivity (Wildman–Crippen MR) is 77.2 cm³/mol. The van der Waals surface area contributed by atoms with E-state index in [1.807, 2.05) is 0 Å². The van der Waals surface area contributed by atoms with Gasteiger partial charge >= 0.3 is 18.0 Å². The van der Waals surface area contributed by atoms with Crippen LogP contribution in [0.25, 0.3) is 0 Å². The van der Waals surface area contributed by atoms with Crippen LogP contribution < -0.4 is 5.32 Å². The van der Waals surface area contributed by atoms with Gasteiger partial charge < -0.3 is 19.5 Å². The van der Waals surface area contributed by atoms with Crippen LogP contribution in [0, 0.1) is 0 Å². The highest BCUT2D eigenvalue weighted by molar-refractivity contribution is 7.85. The topological polar surface area (TPSA) is 145 Å². The molecule has 1 unspecified atom stereocenters. The van der Waals surface area contributed by atoms with Crippen molar-refractivity contribution >= 4 is 28.1 Å². The van der Waals surface area contributed by atoms with Gasteiger partial charge in [0.2, 0.25) is 0 Å². The zero-order valence-electron chi connectivity index (χ0n) is 13.3. The number of esters is 2. The first kappa shape index (κ1) is 21.1. The fourth-order valence-electron chi connectivity index (χ4n) is 1.22. The highest BCUT2D eigenvalue weighted by Crippen LogP contribution is 2.07. The summed E-state index contributed by atoms with van der Waals surface area (Å²) in [6.07, 6.45) is -1.51. The van der Waals surface area contributed by atoms with E-state index in [-0.39, 0.29) is 0 Å². The molecule has 134 valence electrons. The van der Waals surface area contributed by atoms with E-state index in [0.29, 0.717) is 0 Å². The van der Waals surface area contributed by atoms with Gasteiger partial charge in [0.25, 0.3) is 10.1 Å². The average molecular weight is 355 g/mol. The number of nitrogens with one attached hydrogen (secondary N) is 1. The van der Waals surface area contributed by atoms with Gasteiger partial charge in [0, 0.05) is 0 Å². The fraction of sp³-hybridized carbons (Fsp3) is 0.750. The zero-order valence-corrected chi connectivity index (χ0v) is 14.1. The molecule has 0 aromatic heterocycles. The maximum atomic E-state index is 11.6. The summed E-state index contributed by atoms with van der Waals surface area (Å²) in [7, 11) is -3.22. The molecule has 0 fully saturated rings. The van der Waals surface area contributed by atoms with E-state index >= 15 is 0 Å². The highest BCUT2D eigenvalue weighted by Gasteiger charge is 2.26. The standard InChI is InChI=1S/C12H21NO9S/c1-12(2,3)22-11(16)13-8(10(15)20-4)7-21-9(14)5-6-23(17,18)19/h8H,5-7H2,1-4H3,(H,13,16)(H,17,18,19). The number of amides is 1. The van der Waals surface area contributed by atoms with Crippen LogP contribution in [0.2, 0.25) is 0 Å². The van der Waals surface area contributed by atoms with Gasteiger partial charge in [-0.25, -0.2) is 9.59 Å². The summed E-state index contributed by atoms with van der Waals surface area (Å²) >= 11 is 0. The molecular weight excluding hydrogens is 334 g/mol. The van der Waals surface area contributed by atoms with Crippen molar-refractivity contribution in [2.45, 2.75) is 38.8 Å². The third-order valence-electron chi connectivity index (χ3n) is 2.15. The molecule has 0 aliphatic rings. The van der Waals surface area contributed by atoms with Crippen LogP contribution in [0.1, 0.15) is 27.2 Å². The summed E-state index contributed by atoms with van der Waals surface area (Å²) in [5.74, 6) is -2.66. The molecule has 10 nitrogen and oxygen atoms in total. The number of hydrogen-bond donors (Lipinski definition) is 2. The molecule has 0 spiro atoms. The molecule has 0 radical (unpaired) electrons. The molecule has 2 N–H and O–H groups in total. The summed E-state index contributed by atoms with van der Waals surface area (Å²) in [4.78, 5) is 34.4. The van der Waals surface area contributed by atoms with Crippen LogP contribution in [0.5, 0.6) is 0 Å². The molecule has 11 heteroatoms. The monoisotopic (exact) mass is 355 g/mol. The molecule has 0 aromatic carbocycles. The summed E-state index contributed by atoms with van der Waals surface area (Å²) in [5, 5.41) is 2.17. The van der Waals surface area contributed by atoms with Crippen LogP contribution in [-0.2, 0) is 33.9 Å². The quantitative estimate of drug-likeness (QED) is 0.362. The van der Waals surface area contributed by atoms with E-state index in [2.05, 4.69) is 14.8 Å². The molecule has 0 heterocycles. The summed E-state index contributed by atoms with van der Waals surface area (Å²) in [6.45, 7) is 4.29. The van der Waals surface area contributed by atoms with Crippen molar-refractivity contribution in [2.75, 3.05) is 19.5 Å². The second-order valence-corrected chi connectivity index (χ2v) is 7.01. The van der Waals surface area contributed by atoms with Crippen molar-refractivity contribution in [3.05, 3.63) is 0 Å². The molecule has 0 aromatic rings. The Kier molecular flexibility index (Phi) is 7.97. The Bertz CT molecular complexity index is 535. The Morgan fingerprint density at radius 1 is 1.22 bits per heavy atom. The van der Waals surface area contributed by atoms with Crippen molar-refractivity contribution in [3.63, 3.8) is 0 Å². The third kappa shape index (κ3) is 11.4. The summed E-state index contributed by atoms with van der Waals surface area (Å²) in [5.41, 5.74) is -0.795. The van der Waals surface area contributed by atoms with Crippen molar-refractivity contribution in [1.29, 1.82) is 0 Å². The highest BCUT2D eigenvalue weighted by atomic mass is 32.2. The first-order chi connectivity index (χ1) is 10.3. The number of rotatable bonds is 7. The predicted octanol–water partition coefficient (Wildman–Crippen LogP) is -0.126. The second-order valence-electron chi connectivity index (χ2n) is 5.44. The van der Waals surface area contributed by atoms with E-state index < -0.39 is 58.6 Å². The van der Waals surface area contributed by atoms with Crippen LogP contribution in [0.4, 0.5) is 4.79 Å². The van der Waals surface area contributed by atoms with Gasteiger partial charge in [0.05, 0.1) is 19.3 Å². The normalized spacial score (nSPS) is 12.9. The molecule has 0 aliphatic carbocycles. The number of alkyl carbamates (subject to hydrolysis) is 1. The van der Waals surface area contributed by atoms with Gasteiger partial charge in [-0.3, -0.25) is 9.35 Å². The average Bonchev–Trinajstić information content (AvgIpc) is 2.37. The van der Waals surface area contributed by atoms with Crippen molar-refractivity contribution in [3.8, 4) is 0 Å². The Morgan fingerprint density at radius 2 is 1.78 bits per heavy atom. The van der Waals surface area contributed by atoms with Crippen LogP contribution in [0.15, 0.2) is 0 Å². The maximum absolute atomic E-state index is 11.6. The van der Waals surface area contributed by atoms with Crippen LogP contribution in [-0.4, -0.2) is 62.1 Å². The minimum atomic E-state index is -4.30. The maximum Gasteiger partial charge on any atom is 0.408 e. The van der Waals surface area contributed by atoms with Crippen molar-refractivity contribution in [1.82, 2.24) is 5.32 Å². The van der Waals surface area contributed by atoms with Gasteiger partial charge in [-0.1, -0.05) is 0 Å². The molecule has 0 saturated heterocycles. The fourth-order valence-corrected chi connectivity index (χ4v) is 1.65. The minimum absolute atomic E-state index is 0.573. The lowest BCUT2D eigenvalue weighted by atomic mass is 10.2. The van der Waals surface area contributed by atoms with E-state index in [0.717, 1.165) is 7.11 Å². The van der Waals surface area contributed by atoms with Gasteiger partial charge in [-0.05, 0) is 20.8 Å². The Balaban J connectivity index is 4.55. The largest absolute Gasteiger partial charge is 0.467 e. The number of hydrogen-bond acceptors (Lipinski definition) is 8. The smallest absolute Gasteiger partial charge is 0.408 e. The Hall–Kier alpha value is -1.88. The van der Waals surface area contributed by atoms with E-state index in [1.165, 1.54) is 0 Å². The zero-order chi connectivity index (χ0) is 18.3. The van der Waals surface area contributed by atoms with Crippen LogP contribution >= 0.6 is 0 Å². The van der Waals surface area contributed by atoms with Gasteiger partial charge in [0.1, 0.15) is 12.2 Å². The first-order valence-corrected chi connectivity index (χ1v) is 8.13. The molecule has 0 rings (SSSR count). The third-order valence-corrected chi connectivity index (χ3v) is 2.87. The van der Waals surface area contributed by atoms with Crippen LogP contribution in [0.3, 0.4) is 0 Å². The van der Waals surface area contributed by atoms with Crippen molar-refractivity contribution < 1.29 is 41.6 Å². The Labute approximate surface area is 134 Å². The van der Waals surface area contributed by atoms with Gasteiger partial charge in [-0.15, -0.1) is 0 Å². The second kappa shape index (κ2) is 8.67. The number of methoxy groups -OCH3 is 1. The number of carbonyl (C=O) groups is 3. The first-order valence-electron chi connectivity index (χ1n) is 6.52. The van der Waals surface area contributed by atoms with Gasteiger partial charge in [-0.2, -0.15) is 8.42 Å². The Morgan fingerprint density at radius 3 is 2.22 bits per heavy atom.